The number of halogens is 1. The number of amides is 1. The van der Waals surface area contributed by atoms with E-state index in [4.69, 9.17) is 0 Å². The van der Waals surface area contributed by atoms with Crippen LogP contribution in [0.2, 0.25) is 0 Å². The number of aromatic amines is 1. The van der Waals surface area contributed by atoms with Crippen molar-refractivity contribution >= 4 is 40.2 Å². The van der Waals surface area contributed by atoms with Crippen molar-refractivity contribution in [1.82, 2.24) is 14.9 Å². The zero-order chi connectivity index (χ0) is 23.7. The van der Waals surface area contributed by atoms with E-state index >= 15 is 0 Å². The van der Waals surface area contributed by atoms with Gasteiger partial charge in [0.1, 0.15) is 11.4 Å². The number of anilines is 1. The molecule has 0 bridgehead atoms. The lowest BCUT2D eigenvalue weighted by Gasteiger charge is -2.36. The number of thioether (sulfide) groups is 1. The van der Waals surface area contributed by atoms with Gasteiger partial charge in [-0.2, -0.15) is 0 Å². The fourth-order valence-electron chi connectivity index (χ4n) is 6.31. The smallest absolute Gasteiger partial charge is 0.250 e. The minimum atomic E-state index is -1.17. The lowest BCUT2D eigenvalue weighted by molar-refractivity contribution is -0.127. The molecule has 1 spiro atoms. The number of benzene rings is 3. The van der Waals surface area contributed by atoms with Crippen LogP contribution < -0.4 is 5.32 Å². The van der Waals surface area contributed by atoms with Crippen LogP contribution in [0.3, 0.4) is 0 Å². The van der Waals surface area contributed by atoms with E-state index in [-0.39, 0.29) is 35.3 Å². The topological polar surface area (TPSA) is 78.1 Å². The van der Waals surface area contributed by atoms with Crippen LogP contribution in [0.1, 0.15) is 27.7 Å². The summed E-state index contributed by atoms with van der Waals surface area (Å²) in [5, 5.41) is 3.05. The van der Waals surface area contributed by atoms with E-state index in [1.807, 2.05) is 48.5 Å². The molecule has 1 aromatic heterocycles. The number of carbonyl (C=O) groups is 2. The monoisotopic (exact) mass is 484 g/mol. The van der Waals surface area contributed by atoms with Crippen molar-refractivity contribution in [2.75, 3.05) is 16.9 Å². The number of carbonyl (C=O) groups excluding carboxylic acids is 2. The molecule has 2 N–H and O–H groups in total. The Morgan fingerprint density at radius 1 is 1.06 bits per heavy atom. The number of nitrogens with one attached hydrogen (secondary N) is 2. The molecule has 35 heavy (non-hydrogen) atoms. The average molecular weight is 485 g/mol. The Kier molecular flexibility index (Phi) is 4.47. The molecule has 4 heterocycles. The average Bonchev–Trinajstić information content (AvgIpc) is 3.62. The Hall–Kier alpha value is -3.49. The van der Waals surface area contributed by atoms with Gasteiger partial charge in [-0.25, -0.2) is 9.37 Å². The van der Waals surface area contributed by atoms with Crippen LogP contribution in [0.4, 0.5) is 10.1 Å². The maximum absolute atomic E-state index is 14.4. The Balaban J connectivity index is 1.48. The van der Waals surface area contributed by atoms with Crippen LogP contribution in [-0.2, 0) is 10.3 Å². The highest BCUT2D eigenvalue weighted by atomic mass is 32.2. The first kappa shape index (κ1) is 20.8. The van der Waals surface area contributed by atoms with Gasteiger partial charge >= 0.3 is 0 Å². The maximum atomic E-state index is 14.4. The lowest BCUT2D eigenvalue weighted by atomic mass is 9.70. The van der Waals surface area contributed by atoms with Crippen molar-refractivity contribution < 1.29 is 14.0 Å². The maximum Gasteiger partial charge on any atom is 0.250 e. The Morgan fingerprint density at radius 3 is 2.66 bits per heavy atom. The Bertz CT molecular complexity index is 1470. The summed E-state index contributed by atoms with van der Waals surface area (Å²) in [6, 6.07) is 21.4. The van der Waals surface area contributed by atoms with Gasteiger partial charge in [-0.15, -0.1) is 11.8 Å². The molecule has 3 aliphatic rings. The highest BCUT2D eigenvalue weighted by molar-refractivity contribution is 7.99. The van der Waals surface area contributed by atoms with Gasteiger partial charge in [0.05, 0.1) is 17.0 Å². The first-order chi connectivity index (χ1) is 17.1. The van der Waals surface area contributed by atoms with Gasteiger partial charge in [0.2, 0.25) is 11.7 Å². The molecule has 3 unspecified atom stereocenters. The molecule has 3 aliphatic heterocycles. The van der Waals surface area contributed by atoms with E-state index < -0.39 is 11.5 Å². The zero-order valence-corrected chi connectivity index (χ0v) is 19.4. The third-order valence-electron chi connectivity index (χ3n) is 7.69. The van der Waals surface area contributed by atoms with E-state index in [0.717, 1.165) is 28.1 Å². The summed E-state index contributed by atoms with van der Waals surface area (Å²) in [7, 11) is 0. The summed E-state index contributed by atoms with van der Waals surface area (Å²) in [5.74, 6) is -0.104. The summed E-state index contributed by atoms with van der Waals surface area (Å²) in [5.41, 5.74) is 2.71. The predicted octanol–water partition coefficient (Wildman–Crippen LogP) is 4.52. The van der Waals surface area contributed by atoms with Gasteiger partial charge < -0.3 is 10.3 Å². The predicted molar refractivity (Wildman–Crippen MR) is 133 cm³/mol. The number of ketones is 1. The number of imidazole rings is 1. The third-order valence-corrected chi connectivity index (χ3v) is 8.73. The van der Waals surface area contributed by atoms with Gasteiger partial charge in [0, 0.05) is 34.8 Å². The van der Waals surface area contributed by atoms with Crippen molar-refractivity contribution in [3.8, 4) is 0 Å². The Labute approximate surface area is 204 Å². The molecule has 0 radical (unpaired) electrons. The molecule has 0 saturated carbocycles. The van der Waals surface area contributed by atoms with Crippen LogP contribution in [0, 0.1) is 11.7 Å². The minimum Gasteiger partial charge on any atom is -0.335 e. The van der Waals surface area contributed by atoms with Crippen molar-refractivity contribution in [3.63, 3.8) is 0 Å². The zero-order valence-electron chi connectivity index (χ0n) is 18.6. The summed E-state index contributed by atoms with van der Waals surface area (Å²) in [6.45, 7) is 0. The molecular weight excluding hydrogens is 463 g/mol. The SMILES string of the molecule is O=C(c1nc2ccccc2[nH]1)C1C(c2ccc(F)cc2)C2CSCN2[C@@]12C(=O)Nc1ccccc12. The number of hydrogen-bond donors (Lipinski definition) is 2. The van der Waals surface area contributed by atoms with Gasteiger partial charge in [-0.05, 0) is 35.9 Å². The summed E-state index contributed by atoms with van der Waals surface area (Å²) >= 11 is 1.76. The largest absolute Gasteiger partial charge is 0.335 e. The van der Waals surface area contributed by atoms with Crippen LogP contribution in [0.15, 0.2) is 72.8 Å². The molecule has 7 rings (SSSR count). The number of para-hydroxylation sites is 3. The van der Waals surface area contributed by atoms with E-state index in [1.54, 1.807) is 23.9 Å². The number of rotatable bonds is 3. The van der Waals surface area contributed by atoms with Gasteiger partial charge in [-0.3, -0.25) is 14.5 Å². The third kappa shape index (κ3) is 2.78. The highest BCUT2D eigenvalue weighted by Crippen LogP contribution is 2.61. The second-order valence-corrected chi connectivity index (χ2v) is 10.3. The molecule has 1 amide bonds. The number of H-pyrrole nitrogens is 1. The first-order valence-corrected chi connectivity index (χ1v) is 12.7. The molecule has 0 aliphatic carbocycles. The highest BCUT2D eigenvalue weighted by Gasteiger charge is 2.69. The number of Topliss-reactive ketones (excluding diaryl/α,β-unsaturated/α-hetero) is 1. The summed E-state index contributed by atoms with van der Waals surface area (Å²) < 4.78 is 13.9. The molecule has 4 aromatic rings. The van der Waals surface area contributed by atoms with Crippen molar-refractivity contribution in [3.05, 3.63) is 95.6 Å². The number of hydrogen-bond acceptors (Lipinski definition) is 5. The van der Waals surface area contributed by atoms with Crippen LogP contribution in [-0.4, -0.2) is 44.2 Å². The molecule has 2 fully saturated rings. The van der Waals surface area contributed by atoms with Crippen molar-refractivity contribution in [1.29, 1.82) is 0 Å². The molecule has 3 aromatic carbocycles. The fourth-order valence-corrected chi connectivity index (χ4v) is 7.63. The first-order valence-electron chi connectivity index (χ1n) is 11.6. The molecule has 6 nitrogen and oxygen atoms in total. The normalized spacial score (nSPS) is 27.3. The fraction of sp³-hybridized carbons (Fsp3) is 0.222. The molecular formula is C27H21FN4O2S. The second kappa shape index (κ2) is 7.50. The molecule has 4 atom stereocenters. The number of aromatic nitrogens is 2. The molecule has 8 heteroatoms. The minimum absolute atomic E-state index is 0.0549. The summed E-state index contributed by atoms with van der Waals surface area (Å²) in [4.78, 5) is 38.4. The number of fused-ring (bicyclic) bond motifs is 5. The van der Waals surface area contributed by atoms with Gasteiger partial charge in [-0.1, -0.05) is 42.5 Å². The molecule has 2 saturated heterocycles. The summed E-state index contributed by atoms with van der Waals surface area (Å²) in [6.07, 6.45) is 0. The van der Waals surface area contributed by atoms with Crippen LogP contribution >= 0.6 is 11.8 Å². The van der Waals surface area contributed by atoms with E-state index in [1.165, 1.54) is 12.1 Å². The van der Waals surface area contributed by atoms with E-state index in [0.29, 0.717) is 11.4 Å². The Morgan fingerprint density at radius 2 is 1.83 bits per heavy atom. The molecule has 174 valence electrons. The van der Waals surface area contributed by atoms with Crippen LogP contribution in [0.25, 0.3) is 11.0 Å². The van der Waals surface area contributed by atoms with Crippen molar-refractivity contribution in [2.24, 2.45) is 5.92 Å². The van der Waals surface area contributed by atoms with Crippen molar-refractivity contribution in [2.45, 2.75) is 17.5 Å². The number of nitrogens with zero attached hydrogens (tertiary/aromatic N) is 2. The quantitative estimate of drug-likeness (QED) is 0.418. The lowest BCUT2D eigenvalue weighted by Crippen LogP contribution is -2.52. The van der Waals surface area contributed by atoms with Crippen LogP contribution in [0.5, 0.6) is 0 Å². The van der Waals surface area contributed by atoms with Gasteiger partial charge in [0.15, 0.2) is 5.82 Å². The van der Waals surface area contributed by atoms with Gasteiger partial charge in [0.25, 0.3) is 0 Å². The standard InChI is InChI=1S/C27H21FN4O2S/c28-16-11-9-15(10-12-16)22-21-13-35-14-32(21)27(17-5-1-2-6-18(17)31-26(27)34)23(22)24(33)25-29-19-7-3-4-8-20(19)30-25/h1-12,21-23H,13-14H2,(H,29,30)(H,31,34)/t21?,22?,23?,27-/m1/s1. The second-order valence-electron chi connectivity index (χ2n) is 9.32. The van der Waals surface area contributed by atoms with E-state index in [2.05, 4.69) is 20.2 Å². The van der Waals surface area contributed by atoms with E-state index in [9.17, 15) is 14.0 Å².